The topological polar surface area (TPSA) is 90.9 Å². The molecule has 1 aromatic carbocycles. The molecular weight excluding hydrogens is 394 g/mol. The van der Waals surface area contributed by atoms with Crippen LogP contribution in [-0.4, -0.2) is 48.2 Å². The molecule has 29 heavy (non-hydrogen) atoms. The zero-order valence-electron chi connectivity index (χ0n) is 16.8. The number of anilines is 1. The number of aliphatic hydroxyl groups is 1. The fourth-order valence-corrected chi connectivity index (χ4v) is 4.22. The van der Waals surface area contributed by atoms with Crippen molar-refractivity contribution < 1.29 is 19.4 Å². The van der Waals surface area contributed by atoms with Crippen molar-refractivity contribution in [2.75, 3.05) is 25.6 Å². The van der Waals surface area contributed by atoms with Crippen LogP contribution in [-0.2, 0) is 4.79 Å². The lowest BCUT2D eigenvalue weighted by Gasteiger charge is -2.36. The number of ether oxygens (including phenoxy) is 1. The summed E-state index contributed by atoms with van der Waals surface area (Å²) in [5.74, 6) is 0.396. The zero-order valence-corrected chi connectivity index (χ0v) is 17.6. The third-order valence-electron chi connectivity index (χ3n) is 5.53. The molecule has 3 N–H and O–H groups in total. The Morgan fingerprint density at radius 1 is 1.34 bits per heavy atom. The van der Waals surface area contributed by atoms with Gasteiger partial charge in [-0.15, -0.1) is 0 Å². The number of hydrogen-bond donors (Lipinski definition) is 3. The first-order valence-corrected chi connectivity index (χ1v) is 10.4. The molecule has 3 amide bonds. The summed E-state index contributed by atoms with van der Waals surface area (Å²) in [4.78, 5) is 26.8. The van der Waals surface area contributed by atoms with Gasteiger partial charge in [0.25, 0.3) is 5.91 Å². The highest BCUT2D eigenvalue weighted by molar-refractivity contribution is 6.32. The number of carbonyl (C=O) groups is 2. The molecule has 158 valence electrons. The number of hydrogen-bond acceptors (Lipinski definition) is 4. The molecule has 1 fully saturated rings. The molecule has 8 heteroatoms. The summed E-state index contributed by atoms with van der Waals surface area (Å²) in [5.41, 5.74) is 1.92. The van der Waals surface area contributed by atoms with Crippen LogP contribution in [0.3, 0.4) is 0 Å². The number of urea groups is 1. The molecule has 1 aromatic rings. The van der Waals surface area contributed by atoms with E-state index >= 15 is 0 Å². The molecule has 0 aromatic heterocycles. The molecule has 0 spiro atoms. The minimum atomic E-state index is -0.295. The van der Waals surface area contributed by atoms with Crippen molar-refractivity contribution in [2.24, 2.45) is 5.92 Å². The van der Waals surface area contributed by atoms with Gasteiger partial charge >= 0.3 is 6.03 Å². The fourth-order valence-electron chi connectivity index (χ4n) is 3.95. The van der Waals surface area contributed by atoms with Crippen molar-refractivity contribution in [3.8, 4) is 5.75 Å². The number of amides is 3. The average molecular weight is 422 g/mol. The van der Waals surface area contributed by atoms with Gasteiger partial charge in [0.2, 0.25) is 0 Å². The van der Waals surface area contributed by atoms with Crippen LogP contribution >= 0.6 is 11.6 Å². The summed E-state index contributed by atoms with van der Waals surface area (Å²) < 4.78 is 5.44. The minimum Gasteiger partial charge on any atom is -0.490 e. The van der Waals surface area contributed by atoms with Crippen molar-refractivity contribution in [1.82, 2.24) is 10.2 Å². The maximum atomic E-state index is 13.2. The maximum Gasteiger partial charge on any atom is 0.321 e. The van der Waals surface area contributed by atoms with Gasteiger partial charge in [0.05, 0.1) is 23.2 Å². The first-order valence-electron chi connectivity index (χ1n) is 10.0. The van der Waals surface area contributed by atoms with Crippen LogP contribution in [0, 0.1) is 12.8 Å². The maximum absolute atomic E-state index is 13.2. The molecule has 3 rings (SSSR count). The van der Waals surface area contributed by atoms with Gasteiger partial charge < -0.3 is 25.4 Å². The van der Waals surface area contributed by atoms with Gasteiger partial charge in [0.15, 0.2) is 0 Å². The highest BCUT2D eigenvalue weighted by atomic mass is 35.5. The third kappa shape index (κ3) is 5.03. The molecule has 2 aliphatic rings. The predicted molar refractivity (Wildman–Crippen MR) is 112 cm³/mol. The van der Waals surface area contributed by atoms with E-state index in [1.165, 1.54) is 11.3 Å². The van der Waals surface area contributed by atoms with Gasteiger partial charge in [-0.1, -0.05) is 30.9 Å². The van der Waals surface area contributed by atoms with Crippen molar-refractivity contribution in [3.63, 3.8) is 0 Å². The molecular formula is C21H28ClN3O4. The lowest BCUT2D eigenvalue weighted by Crippen LogP contribution is -2.52. The molecule has 0 radical (unpaired) electrons. The third-order valence-corrected chi connectivity index (χ3v) is 5.82. The smallest absolute Gasteiger partial charge is 0.321 e. The number of carbonyl (C=O) groups excluding carboxylic acids is 2. The number of halogens is 1. The van der Waals surface area contributed by atoms with E-state index in [1.807, 2.05) is 6.92 Å². The van der Waals surface area contributed by atoms with Crippen LogP contribution in [0.25, 0.3) is 0 Å². The number of rotatable bonds is 6. The van der Waals surface area contributed by atoms with Crippen LogP contribution < -0.4 is 15.4 Å². The Kier molecular flexibility index (Phi) is 7.03. The second-order valence-electron chi connectivity index (χ2n) is 7.64. The number of benzene rings is 1. The Labute approximate surface area is 176 Å². The van der Waals surface area contributed by atoms with Crippen molar-refractivity contribution >= 4 is 29.2 Å². The molecule has 1 heterocycles. The summed E-state index contributed by atoms with van der Waals surface area (Å²) in [6.45, 7) is 1.83. The highest BCUT2D eigenvalue weighted by Gasteiger charge is 2.35. The van der Waals surface area contributed by atoms with E-state index in [2.05, 4.69) is 10.6 Å². The SMILES string of the molecule is Cc1cc(Cl)c(OCCO)cc1NC(=O)C1=CN(C)C(=O)N[C@@H]1C1CCCCC1. The van der Waals surface area contributed by atoms with Crippen molar-refractivity contribution in [2.45, 2.75) is 45.1 Å². The highest BCUT2D eigenvalue weighted by Crippen LogP contribution is 2.34. The molecule has 1 saturated carbocycles. The minimum absolute atomic E-state index is 0.113. The first kappa shape index (κ1) is 21.5. The van der Waals surface area contributed by atoms with Crippen LogP contribution in [0.4, 0.5) is 10.5 Å². The summed E-state index contributed by atoms with van der Waals surface area (Å²) in [7, 11) is 1.63. The molecule has 1 atom stereocenters. The van der Waals surface area contributed by atoms with E-state index in [9.17, 15) is 9.59 Å². The van der Waals surface area contributed by atoms with Crippen molar-refractivity contribution in [3.05, 3.63) is 34.5 Å². The summed E-state index contributed by atoms with van der Waals surface area (Å²) in [6.07, 6.45) is 7.05. The molecule has 1 aliphatic heterocycles. The quantitative estimate of drug-likeness (QED) is 0.656. The molecule has 0 bridgehead atoms. The van der Waals surface area contributed by atoms with Gasteiger partial charge in [-0.05, 0) is 37.3 Å². The molecule has 0 saturated heterocycles. The molecule has 0 unspecified atom stereocenters. The summed E-state index contributed by atoms with van der Waals surface area (Å²) in [6, 6.07) is 2.88. The normalized spacial score (nSPS) is 20.1. The van der Waals surface area contributed by atoms with Crippen molar-refractivity contribution in [1.29, 1.82) is 0 Å². The van der Waals surface area contributed by atoms with Gasteiger partial charge in [-0.25, -0.2) is 4.79 Å². The predicted octanol–water partition coefficient (Wildman–Crippen LogP) is 3.45. The Morgan fingerprint density at radius 3 is 2.76 bits per heavy atom. The van der Waals surface area contributed by atoms with E-state index in [4.69, 9.17) is 21.4 Å². The molecule has 1 aliphatic carbocycles. The standard InChI is InChI=1S/C21H28ClN3O4/c1-13-10-16(22)18(29-9-8-26)11-17(13)23-20(27)15-12-25(2)21(28)24-19(15)14-6-4-3-5-7-14/h10-12,14,19,26H,3-9H2,1-2H3,(H,23,27)(H,24,28)/t19-/m1/s1. The van der Waals surface area contributed by atoms with E-state index in [1.54, 1.807) is 25.4 Å². The lowest BCUT2D eigenvalue weighted by atomic mass is 9.80. The summed E-state index contributed by atoms with van der Waals surface area (Å²) in [5, 5.41) is 15.3. The number of nitrogens with one attached hydrogen (secondary N) is 2. The largest absolute Gasteiger partial charge is 0.490 e. The zero-order chi connectivity index (χ0) is 21.0. The van der Waals surface area contributed by atoms with Crippen LogP contribution in [0.1, 0.15) is 37.7 Å². The van der Waals surface area contributed by atoms with Crippen LogP contribution in [0.2, 0.25) is 5.02 Å². The van der Waals surface area contributed by atoms with E-state index in [-0.39, 0.29) is 37.1 Å². The van der Waals surface area contributed by atoms with Gasteiger partial charge in [0, 0.05) is 25.0 Å². The van der Waals surface area contributed by atoms with Crippen LogP contribution in [0.15, 0.2) is 23.9 Å². The van der Waals surface area contributed by atoms with E-state index < -0.39 is 0 Å². The Bertz CT molecular complexity index is 805. The van der Waals surface area contributed by atoms with Gasteiger partial charge in [0.1, 0.15) is 12.4 Å². The average Bonchev–Trinajstić information content (AvgIpc) is 2.71. The van der Waals surface area contributed by atoms with Gasteiger partial charge in [-0.2, -0.15) is 0 Å². The fraction of sp³-hybridized carbons (Fsp3) is 0.524. The number of aliphatic hydroxyl groups excluding tert-OH is 1. The second-order valence-corrected chi connectivity index (χ2v) is 8.05. The number of aryl methyl sites for hydroxylation is 1. The lowest BCUT2D eigenvalue weighted by molar-refractivity contribution is -0.113. The van der Waals surface area contributed by atoms with E-state index in [0.29, 0.717) is 22.0 Å². The first-order chi connectivity index (χ1) is 13.9. The Hall–Kier alpha value is -2.25. The van der Waals surface area contributed by atoms with Gasteiger partial charge in [-0.3, -0.25) is 4.79 Å². The molecule has 7 nitrogen and oxygen atoms in total. The second kappa shape index (κ2) is 9.50. The van der Waals surface area contributed by atoms with E-state index in [0.717, 1.165) is 31.2 Å². The monoisotopic (exact) mass is 421 g/mol. The Morgan fingerprint density at radius 2 is 2.07 bits per heavy atom. The number of nitrogens with zero attached hydrogens (tertiary/aromatic N) is 1. The Balaban J connectivity index is 1.83. The summed E-state index contributed by atoms with van der Waals surface area (Å²) >= 11 is 6.20. The van der Waals surface area contributed by atoms with Crippen LogP contribution in [0.5, 0.6) is 5.75 Å².